The van der Waals surface area contributed by atoms with Crippen molar-refractivity contribution in [2.45, 2.75) is 65.0 Å². The molecular weight excluding hydrogens is 276 g/mol. The summed E-state index contributed by atoms with van der Waals surface area (Å²) in [5, 5.41) is 5.90. The second-order valence-corrected chi connectivity index (χ2v) is 8.18. The Morgan fingerprint density at radius 3 is 2.52 bits per heavy atom. The van der Waals surface area contributed by atoms with Gasteiger partial charge in [-0.3, -0.25) is 4.90 Å². The van der Waals surface area contributed by atoms with Crippen molar-refractivity contribution in [1.82, 2.24) is 10.2 Å². The van der Waals surface area contributed by atoms with E-state index in [1.54, 1.807) is 0 Å². The first-order valence-electron chi connectivity index (χ1n) is 8.49. The molecule has 1 aliphatic rings. The summed E-state index contributed by atoms with van der Waals surface area (Å²) in [7, 11) is 2.30. The number of thiophene rings is 1. The van der Waals surface area contributed by atoms with Gasteiger partial charge in [0.1, 0.15) is 0 Å². The molecule has 0 radical (unpaired) electrons. The van der Waals surface area contributed by atoms with Crippen LogP contribution in [0.3, 0.4) is 0 Å². The Balaban J connectivity index is 2.00. The summed E-state index contributed by atoms with van der Waals surface area (Å²) in [6.07, 6.45) is 7.00. The third kappa shape index (κ3) is 4.80. The summed E-state index contributed by atoms with van der Waals surface area (Å²) >= 11 is 1.88. The summed E-state index contributed by atoms with van der Waals surface area (Å²) in [4.78, 5) is 4.05. The number of hydrogen-bond acceptors (Lipinski definition) is 3. The van der Waals surface area contributed by atoms with E-state index in [1.165, 1.54) is 50.1 Å². The van der Waals surface area contributed by atoms with Crippen LogP contribution in [0.2, 0.25) is 0 Å². The first-order valence-corrected chi connectivity index (χ1v) is 9.37. The number of nitrogens with one attached hydrogen (secondary N) is 1. The Morgan fingerprint density at radius 2 is 1.95 bits per heavy atom. The highest BCUT2D eigenvalue weighted by Gasteiger charge is 2.34. The molecule has 1 unspecified atom stereocenters. The molecule has 1 saturated carbocycles. The van der Waals surface area contributed by atoms with E-state index in [-0.39, 0.29) is 0 Å². The van der Waals surface area contributed by atoms with Crippen molar-refractivity contribution in [1.29, 1.82) is 0 Å². The maximum Gasteiger partial charge on any atom is 0.0410 e. The lowest BCUT2D eigenvalue weighted by Crippen LogP contribution is -2.46. The Kier molecular flexibility index (Phi) is 6.27. The fraction of sp³-hybridized carbons (Fsp3) is 0.778. The van der Waals surface area contributed by atoms with Gasteiger partial charge >= 0.3 is 0 Å². The first kappa shape index (κ1) is 17.0. The summed E-state index contributed by atoms with van der Waals surface area (Å²) < 4.78 is 0. The second-order valence-electron chi connectivity index (χ2n) is 7.20. The first-order chi connectivity index (χ1) is 10.0. The number of nitrogens with zero attached hydrogens (tertiary/aromatic N) is 1. The van der Waals surface area contributed by atoms with Crippen LogP contribution in [0.15, 0.2) is 17.5 Å². The molecule has 1 aromatic heterocycles. The third-order valence-electron chi connectivity index (χ3n) is 5.00. The lowest BCUT2D eigenvalue weighted by Gasteiger charge is -2.42. The Morgan fingerprint density at radius 1 is 1.24 bits per heavy atom. The Hall–Kier alpha value is -0.380. The minimum Gasteiger partial charge on any atom is -0.314 e. The molecule has 0 spiro atoms. The van der Waals surface area contributed by atoms with Crippen LogP contribution in [0.4, 0.5) is 0 Å². The van der Waals surface area contributed by atoms with Gasteiger partial charge in [-0.1, -0.05) is 39.2 Å². The van der Waals surface area contributed by atoms with Gasteiger partial charge in [0.2, 0.25) is 0 Å². The molecule has 2 rings (SSSR count). The van der Waals surface area contributed by atoms with Gasteiger partial charge in [0.15, 0.2) is 0 Å². The van der Waals surface area contributed by atoms with Crippen LogP contribution in [0, 0.1) is 5.41 Å². The van der Waals surface area contributed by atoms with E-state index in [0.29, 0.717) is 17.5 Å². The molecular formula is C18H32N2S. The molecule has 2 nitrogen and oxygen atoms in total. The zero-order valence-corrected chi connectivity index (χ0v) is 15.0. The van der Waals surface area contributed by atoms with Crippen LogP contribution in [-0.2, 0) is 0 Å². The number of hydrogen-bond donors (Lipinski definition) is 1. The fourth-order valence-electron chi connectivity index (χ4n) is 3.53. The van der Waals surface area contributed by atoms with E-state index in [4.69, 9.17) is 0 Å². The van der Waals surface area contributed by atoms with E-state index in [0.717, 1.165) is 0 Å². The lowest BCUT2D eigenvalue weighted by atomic mass is 9.73. The largest absolute Gasteiger partial charge is 0.314 e. The quantitative estimate of drug-likeness (QED) is 0.786. The van der Waals surface area contributed by atoms with Gasteiger partial charge in [-0.2, -0.15) is 0 Å². The molecule has 1 aliphatic carbocycles. The Bertz CT molecular complexity index is 393. The summed E-state index contributed by atoms with van der Waals surface area (Å²) in [6.45, 7) is 9.25. The normalized spacial score (nSPS) is 20.1. The number of rotatable bonds is 7. The van der Waals surface area contributed by atoms with Gasteiger partial charge in [-0.15, -0.1) is 11.3 Å². The zero-order chi connectivity index (χ0) is 15.3. The van der Waals surface area contributed by atoms with E-state index >= 15 is 0 Å². The van der Waals surface area contributed by atoms with Gasteiger partial charge in [0, 0.05) is 30.1 Å². The minimum absolute atomic E-state index is 0.475. The third-order valence-corrected chi connectivity index (χ3v) is 6.04. The van der Waals surface area contributed by atoms with Crippen molar-refractivity contribution in [3.63, 3.8) is 0 Å². The molecule has 120 valence electrons. The summed E-state index contributed by atoms with van der Waals surface area (Å²) in [5.74, 6) is 0. The smallest absolute Gasteiger partial charge is 0.0410 e. The molecule has 0 amide bonds. The van der Waals surface area contributed by atoms with E-state index in [1.807, 2.05) is 11.3 Å². The maximum atomic E-state index is 3.71. The standard InChI is InChI=1S/C18H32N2S/c1-15(2)19-13-18(10-6-5-7-11-18)14-20(4)16(3)17-9-8-12-21-17/h8-9,12,15-16,19H,5-7,10-11,13-14H2,1-4H3. The van der Waals surface area contributed by atoms with Crippen molar-refractivity contribution in [2.24, 2.45) is 5.41 Å². The minimum atomic E-state index is 0.475. The van der Waals surface area contributed by atoms with Gasteiger partial charge < -0.3 is 5.32 Å². The van der Waals surface area contributed by atoms with Crippen LogP contribution in [0.25, 0.3) is 0 Å². The molecule has 21 heavy (non-hydrogen) atoms. The highest BCUT2D eigenvalue weighted by Crippen LogP contribution is 2.38. The van der Waals surface area contributed by atoms with Crippen molar-refractivity contribution in [3.8, 4) is 0 Å². The predicted molar refractivity (Wildman–Crippen MR) is 94.0 cm³/mol. The molecule has 0 aliphatic heterocycles. The fourth-order valence-corrected chi connectivity index (χ4v) is 4.37. The molecule has 1 atom stereocenters. The van der Waals surface area contributed by atoms with Crippen molar-refractivity contribution in [3.05, 3.63) is 22.4 Å². The molecule has 1 heterocycles. The average Bonchev–Trinajstić information content (AvgIpc) is 2.99. The SMILES string of the molecule is CC(C)NCC1(CN(C)C(C)c2cccs2)CCCCC1. The lowest BCUT2D eigenvalue weighted by molar-refractivity contribution is 0.0958. The van der Waals surface area contributed by atoms with Gasteiger partial charge in [-0.25, -0.2) is 0 Å². The van der Waals surface area contributed by atoms with Crippen molar-refractivity contribution in [2.75, 3.05) is 20.1 Å². The van der Waals surface area contributed by atoms with Crippen molar-refractivity contribution < 1.29 is 0 Å². The van der Waals surface area contributed by atoms with Crippen LogP contribution in [0.1, 0.15) is 63.8 Å². The highest BCUT2D eigenvalue weighted by atomic mass is 32.1. The Labute approximate surface area is 134 Å². The highest BCUT2D eigenvalue weighted by molar-refractivity contribution is 7.10. The average molecular weight is 309 g/mol. The van der Waals surface area contributed by atoms with E-state index in [9.17, 15) is 0 Å². The molecule has 0 bridgehead atoms. The van der Waals surface area contributed by atoms with Gasteiger partial charge in [0.25, 0.3) is 0 Å². The predicted octanol–water partition coefficient (Wildman–Crippen LogP) is 4.69. The van der Waals surface area contributed by atoms with Gasteiger partial charge in [0.05, 0.1) is 0 Å². The second kappa shape index (κ2) is 7.75. The molecule has 1 aromatic rings. The molecule has 1 fully saturated rings. The van der Waals surface area contributed by atoms with Crippen LogP contribution >= 0.6 is 11.3 Å². The van der Waals surface area contributed by atoms with Crippen LogP contribution in [-0.4, -0.2) is 31.1 Å². The van der Waals surface area contributed by atoms with E-state index < -0.39 is 0 Å². The molecule has 0 saturated heterocycles. The van der Waals surface area contributed by atoms with Crippen LogP contribution < -0.4 is 5.32 Å². The summed E-state index contributed by atoms with van der Waals surface area (Å²) in [5.41, 5.74) is 0.475. The molecule has 3 heteroatoms. The molecule has 1 N–H and O–H groups in total. The summed E-state index contributed by atoms with van der Waals surface area (Å²) in [6, 6.07) is 5.55. The monoisotopic (exact) mass is 308 g/mol. The van der Waals surface area contributed by atoms with Crippen molar-refractivity contribution >= 4 is 11.3 Å². The van der Waals surface area contributed by atoms with Gasteiger partial charge in [-0.05, 0) is 43.7 Å². The zero-order valence-electron chi connectivity index (χ0n) is 14.2. The van der Waals surface area contributed by atoms with Crippen LogP contribution in [0.5, 0.6) is 0 Å². The topological polar surface area (TPSA) is 15.3 Å². The van der Waals surface area contributed by atoms with E-state index in [2.05, 4.69) is 55.5 Å². The maximum absolute atomic E-state index is 3.71. The molecule has 0 aromatic carbocycles.